The van der Waals surface area contributed by atoms with E-state index in [0.29, 0.717) is 29.5 Å². The van der Waals surface area contributed by atoms with Crippen molar-refractivity contribution in [3.8, 4) is 0 Å². The van der Waals surface area contributed by atoms with E-state index in [1.165, 1.54) is 16.7 Å². The van der Waals surface area contributed by atoms with Crippen molar-refractivity contribution in [2.24, 2.45) is 0 Å². The monoisotopic (exact) mass is 260 g/mol. The van der Waals surface area contributed by atoms with Crippen LogP contribution in [0.15, 0.2) is 0 Å². The number of thioether (sulfide) groups is 1. The predicted molar refractivity (Wildman–Crippen MR) is 64.4 cm³/mol. The van der Waals surface area contributed by atoms with Crippen molar-refractivity contribution in [1.29, 1.82) is 0 Å². The molecule has 2 aliphatic heterocycles. The summed E-state index contributed by atoms with van der Waals surface area (Å²) in [5, 5.41) is 11.9. The highest BCUT2D eigenvalue weighted by Gasteiger charge is 2.38. The topological polar surface area (TPSA) is 69.6 Å². The number of thiocarbonyl (C=S) groups is 1. The molecule has 2 aliphatic rings. The molecule has 0 radical (unpaired) electrons. The molecule has 0 aromatic rings. The third kappa shape index (κ3) is 2.15. The molecule has 0 aromatic heterocycles. The summed E-state index contributed by atoms with van der Waals surface area (Å²) in [7, 11) is 0. The molecule has 1 amide bonds. The van der Waals surface area contributed by atoms with Gasteiger partial charge in [-0.2, -0.15) is 0 Å². The Bertz CT molecular complexity index is 348. The minimum atomic E-state index is -0.932. The fraction of sp³-hybridized carbons (Fsp3) is 0.667. The predicted octanol–water partition coefficient (Wildman–Crippen LogP) is 0.0519. The number of carbonyl (C=O) groups is 2. The van der Waals surface area contributed by atoms with E-state index in [0.717, 1.165) is 0 Å². The highest BCUT2D eigenvalue weighted by Crippen LogP contribution is 2.23. The van der Waals surface area contributed by atoms with Crippen LogP contribution in [0.1, 0.15) is 12.8 Å². The zero-order valence-electron chi connectivity index (χ0n) is 8.51. The van der Waals surface area contributed by atoms with E-state index in [2.05, 4.69) is 5.32 Å². The molecule has 0 bridgehead atoms. The standard InChI is InChI=1S/C9H12N2O3S2/c12-8(5-1-2-7(15)10-5)11-4-16-3-6(11)9(13)14/h5-6H,1-4H2,(H,10,15)(H,13,14)/t5-,6?/m0/s1. The van der Waals surface area contributed by atoms with Crippen molar-refractivity contribution in [1.82, 2.24) is 10.2 Å². The van der Waals surface area contributed by atoms with Gasteiger partial charge in [0.2, 0.25) is 5.91 Å². The van der Waals surface area contributed by atoms with E-state index in [1.807, 2.05) is 0 Å². The summed E-state index contributed by atoms with van der Waals surface area (Å²) < 4.78 is 0. The molecular formula is C9H12N2O3S2. The summed E-state index contributed by atoms with van der Waals surface area (Å²) in [5.74, 6) is -0.143. The van der Waals surface area contributed by atoms with E-state index in [9.17, 15) is 9.59 Å². The lowest BCUT2D eigenvalue weighted by molar-refractivity contribution is -0.148. The molecule has 2 saturated heterocycles. The Hall–Kier alpha value is -0.820. The number of carboxylic acids is 1. The van der Waals surface area contributed by atoms with Gasteiger partial charge in [-0.25, -0.2) is 4.79 Å². The maximum absolute atomic E-state index is 12.0. The molecule has 0 aromatic carbocycles. The first-order valence-corrected chi connectivity index (χ1v) is 6.56. The van der Waals surface area contributed by atoms with Crippen LogP contribution < -0.4 is 5.32 Å². The molecule has 2 heterocycles. The normalized spacial score (nSPS) is 29.2. The quantitative estimate of drug-likeness (QED) is 0.684. The number of hydrogen-bond acceptors (Lipinski definition) is 4. The van der Waals surface area contributed by atoms with Gasteiger partial charge in [-0.3, -0.25) is 4.79 Å². The first-order valence-electron chi connectivity index (χ1n) is 5.00. The first kappa shape index (κ1) is 11.7. The van der Waals surface area contributed by atoms with Gasteiger partial charge in [0.25, 0.3) is 0 Å². The highest BCUT2D eigenvalue weighted by molar-refractivity contribution is 7.99. The second kappa shape index (κ2) is 4.58. The Labute approximate surface area is 103 Å². The van der Waals surface area contributed by atoms with Gasteiger partial charge in [-0.1, -0.05) is 12.2 Å². The first-order chi connectivity index (χ1) is 7.59. The average Bonchev–Trinajstić information content (AvgIpc) is 2.84. The van der Waals surface area contributed by atoms with Gasteiger partial charge < -0.3 is 15.3 Å². The Morgan fingerprint density at radius 2 is 2.31 bits per heavy atom. The lowest BCUT2D eigenvalue weighted by Gasteiger charge is -2.23. The molecule has 2 rings (SSSR count). The van der Waals surface area contributed by atoms with Crippen molar-refractivity contribution in [3.05, 3.63) is 0 Å². The molecule has 1 unspecified atom stereocenters. The van der Waals surface area contributed by atoms with Gasteiger partial charge >= 0.3 is 5.97 Å². The molecule has 2 N–H and O–H groups in total. The Balaban J connectivity index is 2.03. The van der Waals surface area contributed by atoms with Crippen molar-refractivity contribution in [3.63, 3.8) is 0 Å². The van der Waals surface area contributed by atoms with Crippen molar-refractivity contribution in [2.75, 3.05) is 11.6 Å². The number of aliphatic carboxylic acids is 1. The molecule has 7 heteroatoms. The van der Waals surface area contributed by atoms with Crippen LogP contribution in [0.5, 0.6) is 0 Å². The number of hydrogen-bond donors (Lipinski definition) is 2. The third-order valence-corrected chi connectivity index (χ3v) is 4.08. The van der Waals surface area contributed by atoms with E-state index < -0.39 is 12.0 Å². The summed E-state index contributed by atoms with van der Waals surface area (Å²) in [4.78, 5) is 25.1. The van der Waals surface area contributed by atoms with Crippen LogP contribution in [0, 0.1) is 0 Å². The molecule has 88 valence electrons. The summed E-state index contributed by atoms with van der Waals surface area (Å²) in [5.41, 5.74) is 0. The smallest absolute Gasteiger partial charge is 0.327 e. The van der Waals surface area contributed by atoms with Crippen LogP contribution in [0.3, 0.4) is 0 Å². The maximum Gasteiger partial charge on any atom is 0.327 e. The lowest BCUT2D eigenvalue weighted by Crippen LogP contribution is -2.49. The van der Waals surface area contributed by atoms with Crippen LogP contribution in [0.25, 0.3) is 0 Å². The van der Waals surface area contributed by atoms with Crippen LogP contribution in [-0.2, 0) is 9.59 Å². The van der Waals surface area contributed by atoms with Crippen molar-refractivity contribution in [2.45, 2.75) is 24.9 Å². The van der Waals surface area contributed by atoms with E-state index >= 15 is 0 Å². The van der Waals surface area contributed by atoms with Gasteiger partial charge in [0.1, 0.15) is 12.1 Å². The van der Waals surface area contributed by atoms with Gasteiger partial charge in [0.05, 0.1) is 10.9 Å². The zero-order chi connectivity index (χ0) is 11.7. The van der Waals surface area contributed by atoms with Crippen molar-refractivity contribution < 1.29 is 14.7 Å². The average molecular weight is 260 g/mol. The minimum Gasteiger partial charge on any atom is -0.480 e. The Morgan fingerprint density at radius 1 is 1.56 bits per heavy atom. The van der Waals surface area contributed by atoms with Crippen LogP contribution in [-0.4, -0.2) is 50.6 Å². The summed E-state index contributed by atoms with van der Waals surface area (Å²) in [6, 6.07) is -1.01. The number of carbonyl (C=O) groups excluding carboxylic acids is 1. The summed E-state index contributed by atoms with van der Waals surface area (Å²) in [6.07, 6.45) is 1.38. The molecule has 2 atom stereocenters. The van der Waals surface area contributed by atoms with E-state index in [1.54, 1.807) is 0 Å². The zero-order valence-corrected chi connectivity index (χ0v) is 10.1. The van der Waals surface area contributed by atoms with Gasteiger partial charge in [0.15, 0.2) is 0 Å². The number of nitrogens with zero attached hydrogens (tertiary/aromatic N) is 1. The number of nitrogens with one attached hydrogen (secondary N) is 1. The minimum absolute atomic E-state index is 0.141. The molecule has 2 fully saturated rings. The fourth-order valence-corrected chi connectivity index (χ4v) is 3.28. The van der Waals surface area contributed by atoms with E-state index in [-0.39, 0.29) is 11.9 Å². The Morgan fingerprint density at radius 3 is 2.88 bits per heavy atom. The van der Waals surface area contributed by atoms with Gasteiger partial charge in [0, 0.05) is 12.2 Å². The SMILES string of the molecule is O=C(O)C1CSCN1C(=O)[C@@H]1CCC(=S)N1. The van der Waals surface area contributed by atoms with E-state index in [4.69, 9.17) is 17.3 Å². The molecular weight excluding hydrogens is 248 g/mol. The molecule has 0 aliphatic carbocycles. The summed E-state index contributed by atoms with van der Waals surface area (Å²) >= 11 is 6.44. The van der Waals surface area contributed by atoms with Crippen LogP contribution in [0.2, 0.25) is 0 Å². The maximum atomic E-state index is 12.0. The number of rotatable bonds is 2. The van der Waals surface area contributed by atoms with Gasteiger partial charge in [-0.15, -0.1) is 11.8 Å². The molecule has 0 saturated carbocycles. The fourth-order valence-electron chi connectivity index (χ4n) is 1.86. The number of carboxylic acid groups (broad SMARTS) is 1. The second-order valence-electron chi connectivity index (χ2n) is 3.82. The van der Waals surface area contributed by atoms with Crippen LogP contribution in [0.4, 0.5) is 0 Å². The van der Waals surface area contributed by atoms with Gasteiger partial charge in [-0.05, 0) is 6.42 Å². The highest BCUT2D eigenvalue weighted by atomic mass is 32.2. The molecule has 16 heavy (non-hydrogen) atoms. The van der Waals surface area contributed by atoms with Crippen molar-refractivity contribution >= 4 is 40.8 Å². The Kier molecular flexibility index (Phi) is 3.34. The number of amides is 1. The van der Waals surface area contributed by atoms with Crippen LogP contribution >= 0.6 is 24.0 Å². The summed E-state index contributed by atoms with van der Waals surface area (Å²) in [6.45, 7) is 0. The largest absolute Gasteiger partial charge is 0.480 e. The second-order valence-corrected chi connectivity index (χ2v) is 5.31. The molecule has 5 nitrogen and oxygen atoms in total. The third-order valence-electron chi connectivity index (χ3n) is 2.74. The lowest BCUT2D eigenvalue weighted by atomic mass is 10.2. The molecule has 0 spiro atoms.